The Balaban J connectivity index is 1.37. The van der Waals surface area contributed by atoms with Gasteiger partial charge in [0.05, 0.1) is 12.2 Å². The number of nitrogens with one attached hydrogen (secondary N) is 2. The maximum Gasteiger partial charge on any atom is 0.191 e. The highest BCUT2D eigenvalue weighted by Gasteiger charge is 2.45. The number of imidazole rings is 1. The number of hydrogen-bond acceptors (Lipinski definition) is 2. The zero-order valence-corrected chi connectivity index (χ0v) is 16.2. The predicted molar refractivity (Wildman–Crippen MR) is 110 cm³/mol. The first-order chi connectivity index (χ1) is 13.7. The highest BCUT2D eigenvalue weighted by atomic mass is 19.1. The van der Waals surface area contributed by atoms with Crippen molar-refractivity contribution >= 4 is 11.6 Å². The van der Waals surface area contributed by atoms with Gasteiger partial charge in [0.2, 0.25) is 0 Å². The number of guanidine groups is 1. The van der Waals surface area contributed by atoms with Crippen molar-refractivity contribution in [1.82, 2.24) is 20.0 Å². The second-order valence-corrected chi connectivity index (χ2v) is 7.33. The molecule has 1 aliphatic carbocycles. The number of fused-ring (bicyclic) bond motifs is 1. The fourth-order valence-electron chi connectivity index (χ4n) is 3.54. The van der Waals surface area contributed by atoms with Crippen LogP contribution in [0.2, 0.25) is 0 Å². The van der Waals surface area contributed by atoms with Crippen molar-refractivity contribution in [2.45, 2.75) is 31.6 Å². The minimum atomic E-state index is -0.144. The molecule has 1 aromatic carbocycles. The fourth-order valence-corrected chi connectivity index (χ4v) is 3.54. The first kappa shape index (κ1) is 18.5. The molecule has 2 aromatic heterocycles. The largest absolute Gasteiger partial charge is 0.357 e. The number of halogens is 1. The molecule has 28 heavy (non-hydrogen) atoms. The third-order valence-corrected chi connectivity index (χ3v) is 5.27. The Bertz CT molecular complexity index is 941. The number of aliphatic imine (C=N–C) groups is 1. The number of pyridine rings is 1. The van der Waals surface area contributed by atoms with Crippen molar-refractivity contribution < 1.29 is 4.39 Å². The lowest BCUT2D eigenvalue weighted by Crippen LogP contribution is -2.39. The minimum Gasteiger partial charge on any atom is -0.357 e. The molecule has 0 radical (unpaired) electrons. The molecule has 3 aromatic rings. The Morgan fingerprint density at radius 1 is 1.18 bits per heavy atom. The number of benzene rings is 1. The third kappa shape index (κ3) is 4.01. The van der Waals surface area contributed by atoms with Crippen LogP contribution in [0.5, 0.6) is 0 Å². The first-order valence-corrected chi connectivity index (χ1v) is 9.90. The maximum absolute atomic E-state index is 14.2. The van der Waals surface area contributed by atoms with E-state index in [1.54, 1.807) is 6.07 Å². The smallest absolute Gasteiger partial charge is 0.191 e. The molecule has 0 atom stereocenters. The van der Waals surface area contributed by atoms with Crippen molar-refractivity contribution in [2.24, 2.45) is 4.99 Å². The second-order valence-electron chi connectivity index (χ2n) is 7.33. The Morgan fingerprint density at radius 2 is 2.00 bits per heavy atom. The van der Waals surface area contributed by atoms with Crippen LogP contribution in [0.1, 0.15) is 31.0 Å². The molecule has 0 aliphatic heterocycles. The lowest BCUT2D eigenvalue weighted by Gasteiger charge is -2.16. The Labute approximate surface area is 164 Å². The number of rotatable bonds is 7. The van der Waals surface area contributed by atoms with Crippen LogP contribution < -0.4 is 10.6 Å². The summed E-state index contributed by atoms with van der Waals surface area (Å²) >= 11 is 0. The van der Waals surface area contributed by atoms with Crippen LogP contribution in [0.25, 0.3) is 5.65 Å². The second kappa shape index (κ2) is 8.00. The molecule has 0 amide bonds. The molecule has 0 saturated heterocycles. The zero-order valence-electron chi connectivity index (χ0n) is 16.2. The van der Waals surface area contributed by atoms with Gasteiger partial charge in [0, 0.05) is 37.3 Å². The molecule has 146 valence electrons. The van der Waals surface area contributed by atoms with Gasteiger partial charge in [0.25, 0.3) is 0 Å². The summed E-state index contributed by atoms with van der Waals surface area (Å²) in [7, 11) is 0. The van der Waals surface area contributed by atoms with Crippen molar-refractivity contribution in [2.75, 3.05) is 19.6 Å². The first-order valence-electron chi connectivity index (χ1n) is 9.90. The van der Waals surface area contributed by atoms with E-state index in [-0.39, 0.29) is 11.2 Å². The summed E-state index contributed by atoms with van der Waals surface area (Å²) in [4.78, 5) is 9.36. The molecule has 0 unspecified atom stereocenters. The van der Waals surface area contributed by atoms with E-state index < -0.39 is 0 Å². The summed E-state index contributed by atoms with van der Waals surface area (Å²) in [5.41, 5.74) is 2.65. The zero-order chi connectivity index (χ0) is 19.4. The van der Waals surface area contributed by atoms with Crippen molar-refractivity contribution in [3.8, 4) is 0 Å². The van der Waals surface area contributed by atoms with E-state index in [4.69, 9.17) is 4.99 Å². The quantitative estimate of drug-likeness (QED) is 0.489. The molecular formula is C22H26FN5. The average Bonchev–Trinajstić information content (AvgIpc) is 3.37. The monoisotopic (exact) mass is 379 g/mol. The van der Waals surface area contributed by atoms with Crippen molar-refractivity contribution in [3.63, 3.8) is 0 Å². The van der Waals surface area contributed by atoms with Crippen LogP contribution in [0.3, 0.4) is 0 Å². The van der Waals surface area contributed by atoms with Crippen LogP contribution in [-0.4, -0.2) is 35.0 Å². The van der Waals surface area contributed by atoms with Gasteiger partial charge in [-0.3, -0.25) is 4.99 Å². The molecule has 1 aliphatic rings. The molecule has 0 bridgehead atoms. The van der Waals surface area contributed by atoms with E-state index in [1.165, 1.54) is 6.07 Å². The van der Waals surface area contributed by atoms with Gasteiger partial charge in [-0.2, -0.15) is 0 Å². The molecule has 1 saturated carbocycles. The van der Waals surface area contributed by atoms with Crippen LogP contribution in [0.15, 0.2) is 59.9 Å². The highest BCUT2D eigenvalue weighted by Crippen LogP contribution is 2.49. The normalized spacial score (nSPS) is 15.6. The fraction of sp³-hybridized carbons (Fsp3) is 0.364. The van der Waals surface area contributed by atoms with Crippen molar-refractivity contribution in [1.29, 1.82) is 0 Å². The van der Waals surface area contributed by atoms with E-state index in [2.05, 4.69) is 21.8 Å². The van der Waals surface area contributed by atoms with E-state index in [1.807, 2.05) is 47.9 Å². The van der Waals surface area contributed by atoms with Crippen molar-refractivity contribution in [3.05, 3.63) is 71.9 Å². The van der Waals surface area contributed by atoms with E-state index in [0.29, 0.717) is 6.54 Å². The summed E-state index contributed by atoms with van der Waals surface area (Å²) in [5.74, 6) is 0.647. The van der Waals surface area contributed by atoms with Crippen LogP contribution in [0, 0.1) is 5.82 Å². The van der Waals surface area contributed by atoms with Crippen LogP contribution in [0.4, 0.5) is 4.39 Å². The van der Waals surface area contributed by atoms with Gasteiger partial charge in [-0.15, -0.1) is 0 Å². The summed E-state index contributed by atoms with van der Waals surface area (Å²) in [6.07, 6.45) is 6.84. The van der Waals surface area contributed by atoms with Gasteiger partial charge < -0.3 is 15.0 Å². The third-order valence-electron chi connectivity index (χ3n) is 5.27. The van der Waals surface area contributed by atoms with Gasteiger partial charge in [-0.05, 0) is 43.5 Å². The topological polar surface area (TPSA) is 53.7 Å². The molecule has 2 heterocycles. The maximum atomic E-state index is 14.2. The number of nitrogens with zero attached hydrogens (tertiary/aromatic N) is 3. The molecule has 4 rings (SSSR count). The molecule has 6 heteroatoms. The highest BCUT2D eigenvalue weighted by molar-refractivity contribution is 5.79. The lowest BCUT2D eigenvalue weighted by molar-refractivity contribution is 0.572. The van der Waals surface area contributed by atoms with E-state index in [9.17, 15) is 4.39 Å². The number of hydrogen-bond donors (Lipinski definition) is 2. The summed E-state index contributed by atoms with van der Waals surface area (Å²) in [6, 6.07) is 13.1. The SMILES string of the molecule is CCNC(=NCC1(c2ccccc2F)CC1)NCCc1cn2ccccc2n1. The molecule has 5 nitrogen and oxygen atoms in total. The Morgan fingerprint density at radius 3 is 2.75 bits per heavy atom. The Hall–Kier alpha value is -2.89. The molecule has 2 N–H and O–H groups in total. The standard InChI is InChI=1S/C22H26FN5/c1-2-24-21(25-13-10-17-15-28-14-6-5-9-20(28)27-17)26-16-22(11-12-22)18-7-3-4-8-19(18)23/h3-9,14-15H,2,10-13,16H2,1H3,(H2,24,25,26). The van der Waals surface area contributed by atoms with Gasteiger partial charge in [0.1, 0.15) is 11.5 Å². The van der Waals surface area contributed by atoms with Gasteiger partial charge in [0.15, 0.2) is 5.96 Å². The van der Waals surface area contributed by atoms with Gasteiger partial charge in [-0.25, -0.2) is 9.37 Å². The summed E-state index contributed by atoms with van der Waals surface area (Å²) in [6.45, 7) is 4.16. The summed E-state index contributed by atoms with van der Waals surface area (Å²) in [5, 5.41) is 6.66. The predicted octanol–water partition coefficient (Wildman–Crippen LogP) is 3.30. The number of aromatic nitrogens is 2. The summed E-state index contributed by atoms with van der Waals surface area (Å²) < 4.78 is 16.2. The average molecular weight is 379 g/mol. The lowest BCUT2D eigenvalue weighted by atomic mass is 9.95. The molecular weight excluding hydrogens is 353 g/mol. The van der Waals surface area contributed by atoms with E-state index in [0.717, 1.165) is 55.2 Å². The van der Waals surface area contributed by atoms with Gasteiger partial charge in [-0.1, -0.05) is 24.3 Å². The van der Waals surface area contributed by atoms with Gasteiger partial charge >= 0.3 is 0 Å². The van der Waals surface area contributed by atoms with E-state index >= 15 is 0 Å². The van der Waals surface area contributed by atoms with Crippen LogP contribution in [-0.2, 0) is 11.8 Å². The minimum absolute atomic E-state index is 0.125. The Kier molecular flexibility index (Phi) is 5.28. The molecule has 1 fully saturated rings. The van der Waals surface area contributed by atoms with Crippen LogP contribution >= 0.6 is 0 Å². The molecule has 0 spiro atoms.